The van der Waals surface area contributed by atoms with E-state index < -0.39 is 15.6 Å². The predicted octanol–water partition coefficient (Wildman–Crippen LogP) is -0.199. The Morgan fingerprint density at radius 1 is 1.41 bits per heavy atom. The van der Waals surface area contributed by atoms with Crippen molar-refractivity contribution in [3.8, 4) is 0 Å². The van der Waals surface area contributed by atoms with Gasteiger partial charge in [0.1, 0.15) is 0 Å². The van der Waals surface area contributed by atoms with Gasteiger partial charge in [-0.15, -0.1) is 0 Å². The maximum atomic E-state index is 11.1. The number of nitrogens with zero attached hydrogens (tertiary/aromatic N) is 2. The second kappa shape index (κ2) is 5.61. The molecular weight excluding hydrogens is 240 g/mol. The van der Waals surface area contributed by atoms with Crippen LogP contribution in [0.3, 0.4) is 0 Å². The van der Waals surface area contributed by atoms with E-state index in [1.54, 1.807) is 6.20 Å². The van der Waals surface area contributed by atoms with E-state index in [0.29, 0.717) is 6.54 Å². The van der Waals surface area contributed by atoms with E-state index in [1.807, 2.05) is 30.8 Å². The molecule has 1 aromatic rings. The number of rotatable bonds is 7. The Morgan fingerprint density at radius 2 is 2.12 bits per heavy atom. The van der Waals surface area contributed by atoms with E-state index in [4.69, 9.17) is 0 Å². The van der Waals surface area contributed by atoms with Crippen LogP contribution in [0.25, 0.3) is 0 Å². The lowest BCUT2D eigenvalue weighted by Gasteiger charge is -2.25. The summed E-state index contributed by atoms with van der Waals surface area (Å²) >= 11 is 0. The Kier molecular flexibility index (Phi) is 4.67. The summed E-state index contributed by atoms with van der Waals surface area (Å²) in [5, 5.41) is 7.27. The van der Waals surface area contributed by atoms with Crippen LogP contribution in [0.1, 0.15) is 13.8 Å². The summed E-state index contributed by atoms with van der Waals surface area (Å²) in [7, 11) is -3.17. The highest BCUT2D eigenvalue weighted by molar-refractivity contribution is 7.88. The standard InChI is InChI=1S/C10H20N4O2S/c1-10(2,13-17(3,15)16)9-11-6-8-14-7-4-5-12-14/h4-5,7,11,13H,6,8-9H2,1-3H3. The first-order valence-corrected chi connectivity index (χ1v) is 7.35. The molecule has 0 unspecified atom stereocenters. The van der Waals surface area contributed by atoms with Gasteiger partial charge in [-0.2, -0.15) is 5.10 Å². The van der Waals surface area contributed by atoms with Gasteiger partial charge in [-0.25, -0.2) is 13.1 Å². The van der Waals surface area contributed by atoms with E-state index >= 15 is 0 Å². The molecule has 0 aliphatic carbocycles. The van der Waals surface area contributed by atoms with Crippen molar-refractivity contribution in [3.05, 3.63) is 18.5 Å². The van der Waals surface area contributed by atoms with Crippen molar-refractivity contribution in [1.82, 2.24) is 19.8 Å². The molecule has 17 heavy (non-hydrogen) atoms. The normalized spacial score (nSPS) is 12.9. The fourth-order valence-electron chi connectivity index (χ4n) is 1.57. The van der Waals surface area contributed by atoms with Crippen LogP contribution in [0.5, 0.6) is 0 Å². The van der Waals surface area contributed by atoms with E-state index in [2.05, 4.69) is 15.1 Å². The quantitative estimate of drug-likeness (QED) is 0.666. The molecule has 0 fully saturated rings. The van der Waals surface area contributed by atoms with E-state index in [1.165, 1.54) is 6.26 Å². The van der Waals surface area contributed by atoms with E-state index in [-0.39, 0.29) is 0 Å². The van der Waals surface area contributed by atoms with Crippen LogP contribution in [0.4, 0.5) is 0 Å². The molecule has 0 aliphatic heterocycles. The van der Waals surface area contributed by atoms with Gasteiger partial charge < -0.3 is 5.32 Å². The lowest BCUT2D eigenvalue weighted by Crippen LogP contribution is -2.50. The van der Waals surface area contributed by atoms with Gasteiger partial charge in [0.25, 0.3) is 0 Å². The van der Waals surface area contributed by atoms with Crippen molar-refractivity contribution in [2.45, 2.75) is 25.9 Å². The fraction of sp³-hybridized carbons (Fsp3) is 0.700. The third-order valence-corrected chi connectivity index (χ3v) is 3.03. The molecule has 1 heterocycles. The predicted molar refractivity (Wildman–Crippen MR) is 67.2 cm³/mol. The molecule has 1 rings (SSSR count). The van der Waals surface area contributed by atoms with Crippen LogP contribution >= 0.6 is 0 Å². The molecule has 0 aromatic carbocycles. The monoisotopic (exact) mass is 260 g/mol. The first-order valence-electron chi connectivity index (χ1n) is 5.46. The molecule has 2 N–H and O–H groups in total. The summed E-state index contributed by atoms with van der Waals surface area (Å²) in [5.74, 6) is 0. The van der Waals surface area contributed by atoms with Gasteiger partial charge in [-0.1, -0.05) is 0 Å². The van der Waals surface area contributed by atoms with Crippen LogP contribution in [0.15, 0.2) is 18.5 Å². The number of hydrogen-bond donors (Lipinski definition) is 2. The van der Waals surface area contributed by atoms with Crippen LogP contribution in [0.2, 0.25) is 0 Å². The van der Waals surface area contributed by atoms with Gasteiger partial charge in [0.2, 0.25) is 10.0 Å². The maximum absolute atomic E-state index is 11.1. The smallest absolute Gasteiger partial charge is 0.209 e. The van der Waals surface area contributed by atoms with Crippen LogP contribution in [-0.4, -0.2) is 43.1 Å². The fourth-order valence-corrected chi connectivity index (χ4v) is 2.64. The van der Waals surface area contributed by atoms with Crippen molar-refractivity contribution in [2.75, 3.05) is 19.3 Å². The first-order chi connectivity index (χ1) is 7.79. The van der Waals surface area contributed by atoms with Gasteiger partial charge in [-0.05, 0) is 19.9 Å². The Hall–Kier alpha value is -0.920. The van der Waals surface area contributed by atoms with E-state index in [9.17, 15) is 8.42 Å². The zero-order chi connectivity index (χ0) is 12.9. The molecule has 0 atom stereocenters. The molecule has 1 aromatic heterocycles. The Labute approximate surface area is 102 Å². The summed E-state index contributed by atoms with van der Waals surface area (Å²) in [4.78, 5) is 0. The minimum Gasteiger partial charge on any atom is -0.313 e. The topological polar surface area (TPSA) is 76.0 Å². The van der Waals surface area contributed by atoms with Gasteiger partial charge >= 0.3 is 0 Å². The number of sulfonamides is 1. The SMILES string of the molecule is CC(C)(CNCCn1cccn1)NS(C)(=O)=O. The Balaban J connectivity index is 2.25. The molecule has 0 bridgehead atoms. The summed E-state index contributed by atoms with van der Waals surface area (Å²) in [6.45, 7) is 5.77. The van der Waals surface area contributed by atoms with Gasteiger partial charge in [0.15, 0.2) is 0 Å². The third kappa shape index (κ3) is 6.40. The van der Waals surface area contributed by atoms with E-state index in [0.717, 1.165) is 13.1 Å². The minimum absolute atomic E-state index is 0.488. The van der Waals surface area contributed by atoms with Gasteiger partial charge in [0, 0.05) is 31.0 Å². The van der Waals surface area contributed by atoms with Crippen molar-refractivity contribution < 1.29 is 8.42 Å². The number of hydrogen-bond acceptors (Lipinski definition) is 4. The average molecular weight is 260 g/mol. The van der Waals surface area contributed by atoms with Crippen molar-refractivity contribution in [3.63, 3.8) is 0 Å². The van der Waals surface area contributed by atoms with Crippen molar-refractivity contribution in [2.24, 2.45) is 0 Å². The van der Waals surface area contributed by atoms with Crippen LogP contribution in [-0.2, 0) is 16.6 Å². The highest BCUT2D eigenvalue weighted by Crippen LogP contribution is 2.01. The summed E-state index contributed by atoms with van der Waals surface area (Å²) in [5.41, 5.74) is -0.488. The minimum atomic E-state index is -3.17. The second-order valence-electron chi connectivity index (χ2n) is 4.70. The molecule has 98 valence electrons. The number of nitrogens with one attached hydrogen (secondary N) is 2. The highest BCUT2D eigenvalue weighted by Gasteiger charge is 2.21. The summed E-state index contributed by atoms with van der Waals surface area (Å²) < 4.78 is 26.6. The third-order valence-electron chi connectivity index (χ3n) is 2.11. The van der Waals surface area contributed by atoms with Gasteiger partial charge in [-0.3, -0.25) is 4.68 Å². The second-order valence-corrected chi connectivity index (χ2v) is 6.45. The Morgan fingerprint density at radius 3 is 2.65 bits per heavy atom. The lowest BCUT2D eigenvalue weighted by molar-refractivity contribution is 0.412. The molecule has 7 heteroatoms. The molecule has 0 aliphatic rings. The van der Waals surface area contributed by atoms with Crippen LogP contribution < -0.4 is 10.0 Å². The van der Waals surface area contributed by atoms with Crippen molar-refractivity contribution >= 4 is 10.0 Å². The molecule has 0 amide bonds. The summed E-state index contributed by atoms with van der Waals surface area (Å²) in [6.07, 6.45) is 4.79. The molecule has 0 saturated carbocycles. The average Bonchev–Trinajstić information content (AvgIpc) is 2.60. The van der Waals surface area contributed by atoms with Crippen LogP contribution in [0, 0.1) is 0 Å². The Bertz CT molecular complexity index is 425. The molecule has 6 nitrogen and oxygen atoms in total. The summed E-state index contributed by atoms with van der Waals surface area (Å²) in [6, 6.07) is 1.87. The first kappa shape index (κ1) is 14.1. The van der Waals surface area contributed by atoms with Crippen molar-refractivity contribution in [1.29, 1.82) is 0 Å². The molecule has 0 saturated heterocycles. The molecule has 0 radical (unpaired) electrons. The maximum Gasteiger partial charge on any atom is 0.209 e. The zero-order valence-electron chi connectivity index (χ0n) is 10.5. The largest absolute Gasteiger partial charge is 0.313 e. The highest BCUT2D eigenvalue weighted by atomic mass is 32.2. The molecule has 0 spiro atoms. The molecular formula is C10H20N4O2S. The zero-order valence-corrected chi connectivity index (χ0v) is 11.3. The lowest BCUT2D eigenvalue weighted by atomic mass is 10.1. The van der Waals surface area contributed by atoms with Gasteiger partial charge in [0.05, 0.1) is 12.8 Å². The number of aromatic nitrogens is 2.